The van der Waals surface area contributed by atoms with Crippen molar-refractivity contribution in [3.8, 4) is 17.1 Å². The lowest BCUT2D eigenvalue weighted by atomic mass is 9.86. The predicted octanol–water partition coefficient (Wildman–Crippen LogP) is 7.64. The van der Waals surface area contributed by atoms with Crippen LogP contribution in [0.5, 0.6) is 5.75 Å². The Labute approximate surface area is 371 Å². The molecule has 5 rings (SSSR count). The fourth-order valence-electron chi connectivity index (χ4n) is 7.00. The Bertz CT molecular complexity index is 2000. The molecule has 16 nitrogen and oxygen atoms in total. The zero-order chi connectivity index (χ0) is 44.9. The number of methoxy groups -OCH3 is 1. The van der Waals surface area contributed by atoms with Crippen molar-refractivity contribution >= 4 is 23.7 Å². The quantitative estimate of drug-likeness (QED) is 0.0436. The molecule has 1 atom stereocenters. The van der Waals surface area contributed by atoms with Crippen LogP contribution in [0.3, 0.4) is 0 Å². The highest BCUT2D eigenvalue weighted by Crippen LogP contribution is 2.36. The summed E-state index contributed by atoms with van der Waals surface area (Å²) in [7, 11) is 1.38. The number of anilines is 1. The summed E-state index contributed by atoms with van der Waals surface area (Å²) in [5, 5.41) is 15.9. The number of nitrogens with zero attached hydrogens (tertiary/aromatic N) is 4. The molecular weight excluding hydrogens is 807 g/mol. The monoisotopic (exact) mass is 871 g/mol. The summed E-state index contributed by atoms with van der Waals surface area (Å²) in [5.74, 6) is 1.58. The topological polar surface area (TPSA) is 188 Å². The van der Waals surface area contributed by atoms with Crippen molar-refractivity contribution in [2.45, 2.75) is 96.2 Å². The summed E-state index contributed by atoms with van der Waals surface area (Å²) < 4.78 is 33.0. The second-order valence-corrected chi connectivity index (χ2v) is 16.6. The van der Waals surface area contributed by atoms with Crippen LogP contribution in [-0.4, -0.2) is 115 Å². The Hall–Kier alpha value is -5.58. The number of aromatic nitrogens is 4. The molecule has 3 N–H and O–H groups in total. The largest absolute Gasteiger partial charge is 0.494 e. The summed E-state index contributed by atoms with van der Waals surface area (Å²) in [6, 6.07) is 18.7. The van der Waals surface area contributed by atoms with Crippen LogP contribution in [0.4, 0.5) is 10.5 Å². The van der Waals surface area contributed by atoms with Gasteiger partial charge < -0.3 is 48.9 Å². The number of amides is 2. The number of ether oxygens (including phenoxy) is 6. The number of carbonyl (C=O) groups is 3. The number of esters is 1. The van der Waals surface area contributed by atoms with Crippen molar-refractivity contribution in [1.82, 2.24) is 30.4 Å². The van der Waals surface area contributed by atoms with Crippen molar-refractivity contribution < 1.29 is 42.8 Å². The number of carbonyl (C=O) groups excluding carboxylic acids is 3. The lowest BCUT2D eigenvalue weighted by Gasteiger charge is -2.41. The summed E-state index contributed by atoms with van der Waals surface area (Å²) in [6.45, 7) is 12.2. The molecule has 0 bridgehead atoms. The smallest absolute Gasteiger partial charge is 0.410 e. The number of rotatable bonds is 25. The molecule has 342 valence electrons. The van der Waals surface area contributed by atoms with E-state index in [9.17, 15) is 14.4 Å². The molecule has 0 aliphatic carbocycles. The molecule has 16 heteroatoms. The van der Waals surface area contributed by atoms with Gasteiger partial charge in [-0.15, -0.1) is 10.2 Å². The first-order chi connectivity index (χ1) is 30.4. The predicted molar refractivity (Wildman–Crippen MR) is 238 cm³/mol. The van der Waals surface area contributed by atoms with E-state index in [1.54, 1.807) is 23.4 Å². The number of nitrogens with one attached hydrogen (secondary N) is 3. The molecule has 1 saturated heterocycles. The molecule has 2 amide bonds. The van der Waals surface area contributed by atoms with Crippen LogP contribution in [0.1, 0.15) is 107 Å². The van der Waals surface area contributed by atoms with Crippen molar-refractivity contribution in [2.75, 3.05) is 71.8 Å². The van der Waals surface area contributed by atoms with Crippen molar-refractivity contribution in [3.05, 3.63) is 90.0 Å². The van der Waals surface area contributed by atoms with Crippen molar-refractivity contribution in [3.63, 3.8) is 0 Å². The van der Waals surface area contributed by atoms with E-state index in [0.29, 0.717) is 102 Å². The van der Waals surface area contributed by atoms with Crippen molar-refractivity contribution in [1.29, 1.82) is 0 Å². The molecule has 0 saturated carbocycles. The molecule has 2 aromatic heterocycles. The Kier molecular flexibility index (Phi) is 19.2. The van der Waals surface area contributed by atoms with Crippen LogP contribution in [0.25, 0.3) is 11.4 Å². The van der Waals surface area contributed by atoms with Crippen LogP contribution >= 0.6 is 0 Å². The molecule has 1 fully saturated rings. The number of aromatic amines is 1. The third-order valence-electron chi connectivity index (χ3n) is 10.5. The summed E-state index contributed by atoms with van der Waals surface area (Å²) >= 11 is 0. The lowest BCUT2D eigenvalue weighted by Crippen LogP contribution is -2.50. The third kappa shape index (κ3) is 16.2. The molecule has 1 aliphatic heterocycles. The van der Waals surface area contributed by atoms with Gasteiger partial charge in [-0.05, 0) is 114 Å². The van der Waals surface area contributed by atoms with E-state index in [2.05, 4.69) is 35.5 Å². The average Bonchev–Trinajstić information content (AvgIpc) is 3.79. The van der Waals surface area contributed by atoms with E-state index in [-0.39, 0.29) is 24.0 Å². The van der Waals surface area contributed by atoms with Gasteiger partial charge in [0, 0.05) is 61.9 Å². The second kappa shape index (κ2) is 24.9. The van der Waals surface area contributed by atoms with E-state index in [1.165, 1.54) is 7.11 Å². The Morgan fingerprint density at radius 1 is 0.810 bits per heavy atom. The number of piperidine rings is 1. The highest BCUT2D eigenvalue weighted by molar-refractivity contribution is 5.95. The van der Waals surface area contributed by atoms with E-state index < -0.39 is 11.1 Å². The number of benzene rings is 2. The zero-order valence-electron chi connectivity index (χ0n) is 37.5. The van der Waals surface area contributed by atoms with Crippen LogP contribution < -0.4 is 15.4 Å². The number of H-pyrrole nitrogens is 1. The second-order valence-electron chi connectivity index (χ2n) is 16.6. The fourth-order valence-corrected chi connectivity index (χ4v) is 7.00. The van der Waals surface area contributed by atoms with Gasteiger partial charge in [0.1, 0.15) is 16.9 Å². The number of likely N-dealkylation sites (tertiary alicyclic amines) is 1. The number of hydrogen-bond donors (Lipinski definition) is 3. The molecule has 0 radical (unpaired) electrons. The van der Waals surface area contributed by atoms with Gasteiger partial charge in [-0.1, -0.05) is 24.6 Å². The lowest BCUT2D eigenvalue weighted by molar-refractivity contribution is -0.141. The summed E-state index contributed by atoms with van der Waals surface area (Å²) in [4.78, 5) is 47.0. The molecule has 2 aromatic carbocycles. The maximum Gasteiger partial charge on any atom is 0.410 e. The standard InChI is InChI=1S/C47H65N7O9/c1-35(37-13-11-16-40(34-37)62-28-9-7-6-8-26-59-29-31-61-32-30-60-27-12-17-41(55)58-5)49-43(56)38-14-10-15-39(33-38)51-47(20-24-54(25-21-47)45(57)63-46(2,3)4)44-50-42(52-53-44)36-18-22-48-23-19-36/h10-11,13-16,18-19,22-23,33-35,51H,6-9,12,17,20-21,24-32H2,1-5H3,(H,49,56)(H,50,52,53). The average molecular weight is 872 g/mol. The summed E-state index contributed by atoms with van der Waals surface area (Å²) in [5.41, 5.74) is 1.71. The van der Waals surface area contributed by atoms with Gasteiger partial charge in [0.05, 0.1) is 46.2 Å². The van der Waals surface area contributed by atoms with Crippen LogP contribution in [0.15, 0.2) is 73.1 Å². The summed E-state index contributed by atoms with van der Waals surface area (Å²) in [6.07, 6.45) is 9.08. The van der Waals surface area contributed by atoms with Gasteiger partial charge >= 0.3 is 12.1 Å². The fraction of sp³-hybridized carbons (Fsp3) is 0.532. The molecule has 3 heterocycles. The molecule has 63 heavy (non-hydrogen) atoms. The van der Waals surface area contributed by atoms with Crippen LogP contribution in [0.2, 0.25) is 0 Å². The highest BCUT2D eigenvalue weighted by Gasteiger charge is 2.41. The van der Waals surface area contributed by atoms with Gasteiger partial charge in [-0.2, -0.15) is 0 Å². The molecular formula is C47H65N7O9. The zero-order valence-corrected chi connectivity index (χ0v) is 37.5. The van der Waals surface area contributed by atoms with Gasteiger partial charge in [-0.25, -0.2) is 4.79 Å². The third-order valence-corrected chi connectivity index (χ3v) is 10.5. The van der Waals surface area contributed by atoms with Crippen LogP contribution in [-0.2, 0) is 34.0 Å². The minimum atomic E-state index is -0.711. The molecule has 0 spiro atoms. The minimum absolute atomic E-state index is 0.211. The normalized spacial score (nSPS) is 14.1. The van der Waals surface area contributed by atoms with Gasteiger partial charge in [0.15, 0.2) is 11.6 Å². The van der Waals surface area contributed by atoms with Gasteiger partial charge in [-0.3, -0.25) is 14.6 Å². The first kappa shape index (κ1) is 48.5. The van der Waals surface area contributed by atoms with Gasteiger partial charge in [0.2, 0.25) is 0 Å². The highest BCUT2D eigenvalue weighted by atomic mass is 16.6. The maximum atomic E-state index is 13.7. The van der Waals surface area contributed by atoms with E-state index >= 15 is 0 Å². The van der Waals surface area contributed by atoms with Crippen molar-refractivity contribution in [2.24, 2.45) is 0 Å². The number of pyridine rings is 1. The SMILES string of the molecule is COC(=O)CCCOCCOCCOCCCCCCOc1cccc(C(C)NC(=O)c2cccc(NC3(c4nnc(-c5ccncc5)[nH]4)CCN(C(=O)OC(C)(C)C)CC3)c2)c1. The van der Waals surface area contributed by atoms with Crippen LogP contribution in [0, 0.1) is 0 Å². The number of unbranched alkanes of at least 4 members (excludes halogenated alkanes) is 3. The minimum Gasteiger partial charge on any atom is -0.494 e. The van der Waals surface area contributed by atoms with Gasteiger partial charge in [0.25, 0.3) is 5.91 Å². The first-order valence-corrected chi connectivity index (χ1v) is 22.0. The Morgan fingerprint density at radius 2 is 1.48 bits per heavy atom. The Balaban J connectivity index is 1.05. The maximum absolute atomic E-state index is 13.7. The molecule has 4 aromatic rings. The Morgan fingerprint density at radius 3 is 2.17 bits per heavy atom. The van der Waals surface area contributed by atoms with E-state index in [4.69, 9.17) is 23.7 Å². The first-order valence-electron chi connectivity index (χ1n) is 22.0. The van der Waals surface area contributed by atoms with E-state index in [1.807, 2.05) is 82.3 Å². The molecule has 1 aliphatic rings. The number of hydrogen-bond acceptors (Lipinski definition) is 13. The van der Waals surface area contributed by atoms with E-state index in [0.717, 1.165) is 48.2 Å². The molecule has 1 unspecified atom stereocenters.